The molecule has 15 heavy (non-hydrogen) atoms. The van der Waals surface area contributed by atoms with Crippen molar-refractivity contribution in [2.75, 3.05) is 24.5 Å². The Labute approximate surface area is 88.3 Å². The van der Waals surface area contributed by atoms with Gasteiger partial charge in [-0.05, 0) is 12.1 Å². The molecule has 4 heteroatoms. The third-order valence-corrected chi connectivity index (χ3v) is 2.86. The molecule has 1 aromatic rings. The van der Waals surface area contributed by atoms with Crippen molar-refractivity contribution >= 4 is 5.69 Å². The normalized spacial score (nSPS) is 25.9. The van der Waals surface area contributed by atoms with Gasteiger partial charge in [-0.15, -0.1) is 0 Å². The first-order valence-corrected chi connectivity index (χ1v) is 5.06. The minimum absolute atomic E-state index is 0.0579. The Morgan fingerprint density at radius 3 is 2.93 bits per heavy atom. The predicted octanol–water partition coefficient (Wildman–Crippen LogP) is 1.27. The van der Waals surface area contributed by atoms with E-state index in [9.17, 15) is 9.50 Å². The summed E-state index contributed by atoms with van der Waals surface area (Å²) in [5, 5.41) is 9.32. The lowest BCUT2D eigenvalue weighted by Crippen LogP contribution is -2.36. The zero-order valence-electron chi connectivity index (χ0n) is 8.49. The predicted molar refractivity (Wildman–Crippen MR) is 57.8 cm³/mol. The Bertz CT molecular complexity index is 358. The summed E-state index contributed by atoms with van der Waals surface area (Å²) in [6.07, 6.45) is 0.457. The Balaban J connectivity index is 2.14. The number of hydrogen-bond donors (Lipinski definition) is 2. The number of nitrogens with zero attached hydrogens (tertiary/aromatic N) is 1. The molecule has 0 amide bonds. The molecule has 1 aromatic carbocycles. The van der Waals surface area contributed by atoms with Gasteiger partial charge >= 0.3 is 0 Å². The Morgan fingerprint density at radius 1 is 1.53 bits per heavy atom. The van der Waals surface area contributed by atoms with E-state index in [1.807, 2.05) is 11.0 Å². The number of alkyl halides is 1. The summed E-state index contributed by atoms with van der Waals surface area (Å²) < 4.78 is 13.8. The summed E-state index contributed by atoms with van der Waals surface area (Å²) in [7, 11) is 0. The van der Waals surface area contributed by atoms with Gasteiger partial charge in [0, 0.05) is 31.3 Å². The van der Waals surface area contributed by atoms with E-state index in [0.717, 1.165) is 5.69 Å². The van der Waals surface area contributed by atoms with Crippen LogP contribution in [0.3, 0.4) is 0 Å². The third-order valence-electron chi connectivity index (χ3n) is 2.86. The highest BCUT2D eigenvalue weighted by Gasteiger charge is 2.37. The average Bonchev–Trinajstić information content (AvgIpc) is 2.62. The molecule has 0 saturated carbocycles. The van der Waals surface area contributed by atoms with Crippen LogP contribution in [0.1, 0.15) is 6.42 Å². The molecule has 0 aromatic heterocycles. The summed E-state index contributed by atoms with van der Waals surface area (Å²) in [6, 6.07) is 6.86. The number of halogens is 1. The summed E-state index contributed by atoms with van der Waals surface area (Å²) in [6.45, 7) is 1.02. The van der Waals surface area contributed by atoms with Crippen LogP contribution in [0.15, 0.2) is 24.3 Å². The fraction of sp³-hybridized carbons (Fsp3) is 0.455. The molecule has 0 radical (unpaired) electrons. The maximum atomic E-state index is 13.8. The molecule has 3 nitrogen and oxygen atoms in total. The van der Waals surface area contributed by atoms with E-state index in [1.54, 1.807) is 18.2 Å². The topological polar surface area (TPSA) is 49.5 Å². The fourth-order valence-corrected chi connectivity index (χ4v) is 1.91. The standard InChI is InChI=1S/C11H15FN2O/c12-11(7-13)4-5-14(8-11)9-2-1-3-10(15)6-9/h1-3,6,15H,4-5,7-8,13H2. The lowest BCUT2D eigenvalue weighted by Gasteiger charge is -2.21. The zero-order valence-corrected chi connectivity index (χ0v) is 8.49. The molecular formula is C11H15FN2O. The fourth-order valence-electron chi connectivity index (χ4n) is 1.91. The van der Waals surface area contributed by atoms with Crippen LogP contribution in [0.2, 0.25) is 0 Å². The first-order valence-electron chi connectivity index (χ1n) is 5.06. The molecule has 1 aliphatic heterocycles. The molecular weight excluding hydrogens is 195 g/mol. The largest absolute Gasteiger partial charge is 0.508 e. The SMILES string of the molecule is NCC1(F)CCN(c2cccc(O)c2)C1. The number of phenolic OH excluding ortho intramolecular Hbond substituents is 1. The van der Waals surface area contributed by atoms with E-state index in [4.69, 9.17) is 5.73 Å². The van der Waals surface area contributed by atoms with Crippen LogP contribution in [0.5, 0.6) is 5.75 Å². The van der Waals surface area contributed by atoms with Gasteiger partial charge in [-0.3, -0.25) is 0 Å². The Morgan fingerprint density at radius 2 is 2.33 bits per heavy atom. The average molecular weight is 210 g/mol. The molecule has 2 rings (SSSR count). The maximum Gasteiger partial charge on any atom is 0.142 e. The molecule has 0 spiro atoms. The van der Waals surface area contributed by atoms with E-state index in [0.29, 0.717) is 19.5 Å². The third kappa shape index (κ3) is 2.04. The van der Waals surface area contributed by atoms with E-state index in [-0.39, 0.29) is 12.3 Å². The summed E-state index contributed by atoms with van der Waals surface area (Å²) >= 11 is 0. The summed E-state index contributed by atoms with van der Waals surface area (Å²) in [5.74, 6) is 0.205. The molecule has 0 bridgehead atoms. The van der Waals surface area contributed by atoms with Crippen molar-refractivity contribution in [3.05, 3.63) is 24.3 Å². The number of benzene rings is 1. The van der Waals surface area contributed by atoms with Crippen LogP contribution < -0.4 is 10.6 Å². The lowest BCUT2D eigenvalue weighted by molar-refractivity contribution is 0.204. The molecule has 3 N–H and O–H groups in total. The molecule has 1 aliphatic rings. The van der Waals surface area contributed by atoms with Crippen LogP contribution in [0.4, 0.5) is 10.1 Å². The molecule has 82 valence electrons. The second-order valence-corrected chi connectivity index (χ2v) is 4.05. The van der Waals surface area contributed by atoms with Gasteiger partial charge in [-0.25, -0.2) is 4.39 Å². The highest BCUT2D eigenvalue weighted by atomic mass is 19.1. The Hall–Kier alpha value is -1.29. The summed E-state index contributed by atoms with van der Waals surface area (Å²) in [4.78, 5) is 1.91. The highest BCUT2D eigenvalue weighted by Crippen LogP contribution is 2.30. The smallest absolute Gasteiger partial charge is 0.142 e. The number of hydrogen-bond acceptors (Lipinski definition) is 3. The van der Waals surface area contributed by atoms with Gasteiger partial charge in [0.15, 0.2) is 0 Å². The Kier molecular flexibility index (Phi) is 2.52. The quantitative estimate of drug-likeness (QED) is 0.772. The van der Waals surface area contributed by atoms with Gasteiger partial charge in [0.1, 0.15) is 11.4 Å². The van der Waals surface area contributed by atoms with Crippen molar-refractivity contribution in [1.29, 1.82) is 0 Å². The van der Waals surface area contributed by atoms with E-state index < -0.39 is 5.67 Å². The minimum atomic E-state index is -1.27. The van der Waals surface area contributed by atoms with Crippen LogP contribution in [0.25, 0.3) is 0 Å². The van der Waals surface area contributed by atoms with Crippen molar-refractivity contribution in [2.45, 2.75) is 12.1 Å². The highest BCUT2D eigenvalue weighted by molar-refractivity contribution is 5.51. The van der Waals surface area contributed by atoms with Crippen molar-refractivity contribution in [3.8, 4) is 5.75 Å². The van der Waals surface area contributed by atoms with Crippen LogP contribution in [-0.2, 0) is 0 Å². The lowest BCUT2D eigenvalue weighted by atomic mass is 10.1. The second kappa shape index (κ2) is 3.70. The summed E-state index contributed by atoms with van der Waals surface area (Å²) in [5.41, 5.74) is 4.96. The number of rotatable bonds is 2. The van der Waals surface area contributed by atoms with Gasteiger partial charge in [0.05, 0.1) is 6.54 Å². The van der Waals surface area contributed by atoms with Gasteiger partial charge in [-0.2, -0.15) is 0 Å². The van der Waals surface area contributed by atoms with Gasteiger partial charge in [0.2, 0.25) is 0 Å². The van der Waals surface area contributed by atoms with Crippen molar-refractivity contribution < 1.29 is 9.50 Å². The number of phenols is 1. The van der Waals surface area contributed by atoms with Crippen molar-refractivity contribution in [2.24, 2.45) is 5.73 Å². The van der Waals surface area contributed by atoms with Gasteiger partial charge in [-0.1, -0.05) is 6.07 Å². The second-order valence-electron chi connectivity index (χ2n) is 4.05. The molecule has 1 heterocycles. The molecule has 1 unspecified atom stereocenters. The first-order chi connectivity index (χ1) is 7.13. The zero-order chi connectivity index (χ0) is 10.9. The van der Waals surface area contributed by atoms with E-state index in [2.05, 4.69) is 0 Å². The van der Waals surface area contributed by atoms with E-state index >= 15 is 0 Å². The molecule has 1 atom stereocenters. The maximum absolute atomic E-state index is 13.8. The number of aromatic hydroxyl groups is 1. The van der Waals surface area contributed by atoms with Crippen molar-refractivity contribution in [1.82, 2.24) is 0 Å². The van der Waals surface area contributed by atoms with Crippen LogP contribution in [0, 0.1) is 0 Å². The minimum Gasteiger partial charge on any atom is -0.508 e. The molecule has 1 saturated heterocycles. The number of anilines is 1. The molecule has 1 fully saturated rings. The van der Waals surface area contributed by atoms with Gasteiger partial charge in [0.25, 0.3) is 0 Å². The number of nitrogens with two attached hydrogens (primary N) is 1. The molecule has 0 aliphatic carbocycles. The van der Waals surface area contributed by atoms with Crippen LogP contribution >= 0.6 is 0 Å². The monoisotopic (exact) mass is 210 g/mol. The van der Waals surface area contributed by atoms with Crippen LogP contribution in [-0.4, -0.2) is 30.4 Å². The first kappa shape index (κ1) is 10.2. The van der Waals surface area contributed by atoms with Crippen molar-refractivity contribution in [3.63, 3.8) is 0 Å². The van der Waals surface area contributed by atoms with E-state index in [1.165, 1.54) is 0 Å². The van der Waals surface area contributed by atoms with Gasteiger partial charge < -0.3 is 15.7 Å².